The second-order valence-corrected chi connectivity index (χ2v) is 7.04. The molecule has 0 N–H and O–H groups in total. The smallest absolute Gasteiger partial charge is 0.150 e. The average molecular weight is 349 g/mol. The molecule has 0 bridgehead atoms. The first-order chi connectivity index (χ1) is 10.3. The minimum Gasteiger partial charge on any atom is -0.356 e. The van der Waals surface area contributed by atoms with Crippen molar-refractivity contribution < 1.29 is 4.74 Å². The number of rotatable bonds is 2. The van der Waals surface area contributed by atoms with Crippen molar-refractivity contribution in [3.8, 4) is 0 Å². The molecular weight excluding hydrogens is 328 g/mol. The van der Waals surface area contributed by atoms with Crippen LogP contribution in [0.4, 0.5) is 0 Å². The van der Waals surface area contributed by atoms with Crippen LogP contribution in [0, 0.1) is 0 Å². The lowest BCUT2D eigenvalue weighted by molar-refractivity contribution is -0.0366. The zero-order valence-corrected chi connectivity index (χ0v) is 14.0. The molecule has 0 amide bonds. The van der Waals surface area contributed by atoms with Gasteiger partial charge >= 0.3 is 0 Å². The van der Waals surface area contributed by atoms with Gasteiger partial charge in [0.15, 0.2) is 6.23 Å². The summed E-state index contributed by atoms with van der Waals surface area (Å²) in [6, 6.07) is 2.36. The van der Waals surface area contributed by atoms with Gasteiger partial charge in [-0.3, -0.25) is 0 Å². The molecule has 4 heteroatoms. The second-order valence-electron chi connectivity index (χ2n) is 6.25. The monoisotopic (exact) mass is 348 g/mol. The van der Waals surface area contributed by atoms with Gasteiger partial charge in [-0.15, -0.1) is 0 Å². The lowest BCUT2D eigenvalue weighted by atomic mass is 9.97. The van der Waals surface area contributed by atoms with Gasteiger partial charge in [0.05, 0.1) is 11.7 Å². The number of ether oxygens (including phenoxy) is 1. The fourth-order valence-corrected chi connectivity index (χ4v) is 4.77. The Labute approximate surface area is 133 Å². The van der Waals surface area contributed by atoms with Crippen LogP contribution in [0.2, 0.25) is 0 Å². The number of hydrogen-bond acceptors (Lipinski definition) is 2. The van der Waals surface area contributed by atoms with Crippen LogP contribution in [0.3, 0.4) is 0 Å². The molecule has 1 aromatic carbocycles. The standard InChI is InChI=1S/C17H21BrN2O/c1-2-11-6-7-12-9-14-13(17(18)16(11)12)10-19-20(14)15-5-3-4-8-21-15/h9-11,15H,2-8H2,1H3. The molecule has 0 spiro atoms. The van der Waals surface area contributed by atoms with E-state index in [1.54, 1.807) is 0 Å². The van der Waals surface area contributed by atoms with E-state index in [9.17, 15) is 0 Å². The number of aromatic nitrogens is 2. The molecular formula is C17H21BrN2O. The van der Waals surface area contributed by atoms with Crippen LogP contribution in [-0.2, 0) is 11.2 Å². The van der Waals surface area contributed by atoms with Crippen LogP contribution in [0.25, 0.3) is 10.9 Å². The molecule has 1 aliphatic carbocycles. The van der Waals surface area contributed by atoms with Gasteiger partial charge in [0.1, 0.15) is 0 Å². The van der Waals surface area contributed by atoms with Gasteiger partial charge in [-0.2, -0.15) is 5.10 Å². The molecule has 4 rings (SSSR count). The first kappa shape index (κ1) is 13.8. The molecule has 2 aliphatic rings. The van der Waals surface area contributed by atoms with Gasteiger partial charge in [0, 0.05) is 16.5 Å². The number of benzene rings is 1. The van der Waals surface area contributed by atoms with Crippen molar-refractivity contribution >= 4 is 26.8 Å². The van der Waals surface area contributed by atoms with E-state index >= 15 is 0 Å². The largest absolute Gasteiger partial charge is 0.356 e. The predicted octanol–water partition coefficient (Wildman–Crippen LogP) is 4.94. The van der Waals surface area contributed by atoms with E-state index in [4.69, 9.17) is 4.74 Å². The molecule has 3 nitrogen and oxygen atoms in total. The van der Waals surface area contributed by atoms with Gasteiger partial charge in [-0.25, -0.2) is 4.68 Å². The van der Waals surface area contributed by atoms with Gasteiger partial charge in [-0.1, -0.05) is 6.92 Å². The van der Waals surface area contributed by atoms with Crippen LogP contribution >= 0.6 is 15.9 Å². The number of halogens is 1. The molecule has 2 aromatic rings. The summed E-state index contributed by atoms with van der Waals surface area (Å²) in [5.41, 5.74) is 4.25. The fourth-order valence-electron chi connectivity index (χ4n) is 3.89. The summed E-state index contributed by atoms with van der Waals surface area (Å²) in [6.45, 7) is 3.14. The molecule has 2 atom stereocenters. The summed E-state index contributed by atoms with van der Waals surface area (Å²) in [5.74, 6) is 0.702. The Balaban J connectivity index is 1.84. The van der Waals surface area contributed by atoms with E-state index in [2.05, 4.69) is 38.7 Å². The Morgan fingerprint density at radius 2 is 2.29 bits per heavy atom. The van der Waals surface area contributed by atoms with Crippen molar-refractivity contribution in [2.45, 2.75) is 57.6 Å². The zero-order chi connectivity index (χ0) is 14.4. The van der Waals surface area contributed by atoms with E-state index < -0.39 is 0 Å². The van der Waals surface area contributed by atoms with E-state index in [0.29, 0.717) is 5.92 Å². The van der Waals surface area contributed by atoms with Gasteiger partial charge < -0.3 is 4.74 Å². The molecule has 1 aromatic heterocycles. The highest BCUT2D eigenvalue weighted by Gasteiger charge is 2.27. The average Bonchev–Trinajstić information content (AvgIpc) is 3.12. The third kappa shape index (κ3) is 2.15. The first-order valence-corrected chi connectivity index (χ1v) is 8.89. The van der Waals surface area contributed by atoms with Crippen molar-refractivity contribution in [1.82, 2.24) is 9.78 Å². The Bertz CT molecular complexity index is 673. The van der Waals surface area contributed by atoms with Crippen molar-refractivity contribution in [3.63, 3.8) is 0 Å². The fraction of sp³-hybridized carbons (Fsp3) is 0.588. The quantitative estimate of drug-likeness (QED) is 0.768. The SMILES string of the molecule is CCC1CCc2cc3c(cnn3C3CCCCO3)c(Br)c21. The van der Waals surface area contributed by atoms with Crippen molar-refractivity contribution in [2.24, 2.45) is 0 Å². The van der Waals surface area contributed by atoms with Crippen molar-refractivity contribution in [2.75, 3.05) is 6.61 Å². The molecule has 0 saturated carbocycles. The summed E-state index contributed by atoms with van der Waals surface area (Å²) in [7, 11) is 0. The minimum atomic E-state index is 0.115. The van der Waals surface area contributed by atoms with Crippen molar-refractivity contribution in [1.29, 1.82) is 0 Å². The summed E-state index contributed by atoms with van der Waals surface area (Å²) in [4.78, 5) is 0. The van der Waals surface area contributed by atoms with E-state index in [0.717, 1.165) is 13.0 Å². The lowest BCUT2D eigenvalue weighted by Crippen LogP contribution is -2.19. The molecule has 112 valence electrons. The van der Waals surface area contributed by atoms with Crippen LogP contribution in [0.1, 0.15) is 62.3 Å². The number of nitrogens with zero attached hydrogens (tertiary/aromatic N) is 2. The predicted molar refractivity (Wildman–Crippen MR) is 87.6 cm³/mol. The molecule has 21 heavy (non-hydrogen) atoms. The Morgan fingerprint density at radius 1 is 1.38 bits per heavy atom. The summed E-state index contributed by atoms with van der Waals surface area (Å²) in [5, 5.41) is 5.87. The third-order valence-electron chi connectivity index (χ3n) is 5.06. The van der Waals surface area contributed by atoms with E-state index in [1.165, 1.54) is 58.6 Å². The maximum atomic E-state index is 5.92. The van der Waals surface area contributed by atoms with Crippen LogP contribution in [0.5, 0.6) is 0 Å². The van der Waals surface area contributed by atoms with Crippen LogP contribution in [0.15, 0.2) is 16.7 Å². The molecule has 2 heterocycles. The van der Waals surface area contributed by atoms with Gasteiger partial charge in [-0.05, 0) is 77.6 Å². The molecule has 1 aliphatic heterocycles. The highest BCUT2D eigenvalue weighted by molar-refractivity contribution is 9.10. The molecule has 0 radical (unpaired) electrons. The summed E-state index contributed by atoms with van der Waals surface area (Å²) in [6.07, 6.45) is 9.29. The number of hydrogen-bond donors (Lipinski definition) is 0. The van der Waals surface area contributed by atoms with E-state index in [-0.39, 0.29) is 6.23 Å². The first-order valence-electron chi connectivity index (χ1n) is 8.09. The second kappa shape index (κ2) is 5.40. The normalized spacial score (nSPS) is 25.4. The minimum absolute atomic E-state index is 0.115. The van der Waals surface area contributed by atoms with Crippen LogP contribution < -0.4 is 0 Å². The molecule has 1 saturated heterocycles. The highest BCUT2D eigenvalue weighted by Crippen LogP contribution is 2.44. The summed E-state index contributed by atoms with van der Waals surface area (Å²) >= 11 is 3.86. The Morgan fingerprint density at radius 3 is 3.05 bits per heavy atom. The lowest BCUT2D eigenvalue weighted by Gasteiger charge is -2.23. The van der Waals surface area contributed by atoms with E-state index in [1.807, 2.05) is 6.20 Å². The highest BCUT2D eigenvalue weighted by atomic mass is 79.9. The van der Waals surface area contributed by atoms with Crippen LogP contribution in [-0.4, -0.2) is 16.4 Å². The third-order valence-corrected chi connectivity index (χ3v) is 5.91. The summed E-state index contributed by atoms with van der Waals surface area (Å²) < 4.78 is 9.28. The van der Waals surface area contributed by atoms with Crippen molar-refractivity contribution in [3.05, 3.63) is 27.9 Å². The topological polar surface area (TPSA) is 27.1 Å². The Kier molecular flexibility index (Phi) is 3.54. The van der Waals surface area contributed by atoms with Gasteiger partial charge in [0.2, 0.25) is 0 Å². The maximum Gasteiger partial charge on any atom is 0.150 e. The number of fused-ring (bicyclic) bond motifs is 2. The van der Waals surface area contributed by atoms with Gasteiger partial charge in [0.25, 0.3) is 0 Å². The Hall–Kier alpha value is -0.870. The maximum absolute atomic E-state index is 5.92. The molecule has 2 unspecified atom stereocenters. The zero-order valence-electron chi connectivity index (χ0n) is 12.4. The molecule has 1 fully saturated rings. The number of aryl methyl sites for hydroxylation is 1.